The van der Waals surface area contributed by atoms with Gasteiger partial charge in [0.15, 0.2) is 0 Å². The third-order valence-electron chi connectivity index (χ3n) is 5.94. The number of nitrogens with one attached hydrogen (secondary N) is 1. The molecule has 182 valence electrons. The van der Waals surface area contributed by atoms with Gasteiger partial charge in [-0.15, -0.1) is 0 Å². The minimum atomic E-state index is -3.88. The van der Waals surface area contributed by atoms with Gasteiger partial charge in [0.05, 0.1) is 18.2 Å². The van der Waals surface area contributed by atoms with Crippen LogP contribution in [0.15, 0.2) is 73.1 Å². The maximum Gasteiger partial charge on any atom is 0.280 e. The van der Waals surface area contributed by atoms with Crippen LogP contribution in [0.1, 0.15) is 22.3 Å². The quantitative estimate of drug-likeness (QED) is 0.346. The van der Waals surface area contributed by atoms with Crippen LogP contribution in [0.25, 0.3) is 0 Å². The van der Waals surface area contributed by atoms with Gasteiger partial charge in [0.25, 0.3) is 10.2 Å². The highest BCUT2D eigenvalue weighted by atomic mass is 32.2. The lowest BCUT2D eigenvalue weighted by molar-refractivity contribution is 0.143. The van der Waals surface area contributed by atoms with Gasteiger partial charge < -0.3 is 9.74 Å². The van der Waals surface area contributed by atoms with Crippen molar-refractivity contribution in [3.63, 3.8) is 0 Å². The van der Waals surface area contributed by atoms with E-state index in [9.17, 15) is 13.7 Å². The van der Waals surface area contributed by atoms with Gasteiger partial charge >= 0.3 is 0 Å². The Labute approximate surface area is 205 Å². The van der Waals surface area contributed by atoms with Crippen molar-refractivity contribution in [2.45, 2.75) is 25.6 Å². The third-order valence-corrected chi connectivity index (χ3v) is 7.55. The normalized spacial score (nSPS) is 16.3. The number of anilines is 1. The average molecular weight is 493 g/mol. The maximum absolute atomic E-state index is 13.5. The largest absolute Gasteiger partial charge is 0.365 e. The Morgan fingerprint density at radius 1 is 1.14 bits per heavy atom. The van der Waals surface area contributed by atoms with Gasteiger partial charge in [0.2, 0.25) is 0 Å². The zero-order valence-electron chi connectivity index (χ0n) is 19.2. The molecule has 1 aliphatic heterocycles. The molecule has 0 fully saturated rings. The second kappa shape index (κ2) is 11.4. The van der Waals surface area contributed by atoms with Crippen LogP contribution in [0.4, 0.5) is 5.69 Å². The van der Waals surface area contributed by atoms with Crippen LogP contribution in [0.3, 0.4) is 0 Å². The first-order chi connectivity index (χ1) is 17.0. The van der Waals surface area contributed by atoms with Crippen molar-refractivity contribution in [3.05, 3.63) is 95.3 Å². The Morgan fingerprint density at radius 2 is 1.94 bits per heavy atom. The first-order valence-electron chi connectivity index (χ1n) is 11.3. The van der Waals surface area contributed by atoms with Crippen molar-refractivity contribution in [1.82, 2.24) is 14.0 Å². The molecule has 0 saturated carbocycles. The summed E-state index contributed by atoms with van der Waals surface area (Å²) in [6.45, 7) is 1.25. The minimum Gasteiger partial charge on any atom is -0.365 e. The Balaban J connectivity index is 1.76. The molecular weight excluding hydrogens is 464 g/mol. The molecule has 0 bridgehead atoms. The highest BCUT2D eigenvalue weighted by Gasteiger charge is 2.35. The summed E-state index contributed by atoms with van der Waals surface area (Å²) in [4.78, 5) is 10.9. The molecule has 0 radical (unpaired) electrons. The zero-order valence-corrected chi connectivity index (χ0v) is 20.1. The molecule has 2 heterocycles. The molecule has 0 saturated heterocycles. The van der Waals surface area contributed by atoms with Crippen molar-refractivity contribution in [3.8, 4) is 6.07 Å². The zero-order chi connectivity index (χ0) is 24.7. The molecule has 3 N–H and O–H groups in total. The van der Waals surface area contributed by atoms with E-state index in [1.54, 1.807) is 18.3 Å². The Hall–Kier alpha value is -3.33. The summed E-state index contributed by atoms with van der Waals surface area (Å²) in [6.07, 6.45) is 4.06. The van der Waals surface area contributed by atoms with E-state index in [0.717, 1.165) is 22.4 Å². The molecule has 2 aromatic carbocycles. The van der Waals surface area contributed by atoms with Gasteiger partial charge in [0.1, 0.15) is 0 Å². The number of nitrogens with two attached hydrogens (primary N) is 1. The topological polar surface area (TPSA) is 125 Å². The standard InChI is InChI=1S/C25H28N6O3S/c26-15-21-8-9-25-23(13-21)18-31(35(32,33)29-11-12-34-27)24(14-20-5-2-1-3-6-20)19-30(25)17-22-7-4-10-28-16-22/h1-10,13,16,24,29H,11-12,14,17-19,27H2/t24-/m1/s1. The van der Waals surface area contributed by atoms with E-state index in [0.29, 0.717) is 25.1 Å². The van der Waals surface area contributed by atoms with Gasteiger partial charge in [0, 0.05) is 50.3 Å². The monoisotopic (exact) mass is 492 g/mol. The smallest absolute Gasteiger partial charge is 0.280 e. The predicted octanol–water partition coefficient (Wildman–Crippen LogP) is 2.11. The predicted molar refractivity (Wildman–Crippen MR) is 133 cm³/mol. The molecule has 0 amide bonds. The van der Waals surface area contributed by atoms with E-state index in [1.165, 1.54) is 4.31 Å². The number of aromatic nitrogens is 1. The van der Waals surface area contributed by atoms with Gasteiger partial charge in [-0.05, 0) is 47.4 Å². The van der Waals surface area contributed by atoms with Gasteiger partial charge in [-0.3, -0.25) is 4.98 Å². The fourth-order valence-corrected chi connectivity index (χ4v) is 5.69. The van der Waals surface area contributed by atoms with E-state index >= 15 is 0 Å². The van der Waals surface area contributed by atoms with Crippen LogP contribution in [-0.2, 0) is 34.6 Å². The maximum atomic E-state index is 13.5. The molecule has 4 rings (SSSR count). The number of hydrogen-bond donors (Lipinski definition) is 2. The van der Waals surface area contributed by atoms with Crippen molar-refractivity contribution in [2.24, 2.45) is 5.90 Å². The van der Waals surface area contributed by atoms with Crippen LogP contribution in [-0.4, -0.2) is 43.4 Å². The summed E-state index contributed by atoms with van der Waals surface area (Å²) in [5, 5.41) is 9.48. The first-order valence-corrected chi connectivity index (χ1v) is 12.7. The van der Waals surface area contributed by atoms with Gasteiger partial charge in [-0.25, -0.2) is 5.90 Å². The third kappa shape index (κ3) is 6.22. The molecular formula is C25H28N6O3S. The lowest BCUT2D eigenvalue weighted by Crippen LogP contribution is -2.50. The Morgan fingerprint density at radius 3 is 2.66 bits per heavy atom. The summed E-state index contributed by atoms with van der Waals surface area (Å²) in [5.41, 5.74) is 4.19. The van der Waals surface area contributed by atoms with Crippen molar-refractivity contribution < 1.29 is 13.3 Å². The van der Waals surface area contributed by atoms with Gasteiger partial charge in [-0.1, -0.05) is 36.4 Å². The van der Waals surface area contributed by atoms with Crippen molar-refractivity contribution in [2.75, 3.05) is 24.6 Å². The van der Waals surface area contributed by atoms with Gasteiger partial charge in [-0.2, -0.15) is 22.7 Å². The summed E-state index contributed by atoms with van der Waals surface area (Å²) >= 11 is 0. The molecule has 1 atom stereocenters. The van der Waals surface area contributed by atoms with Crippen LogP contribution >= 0.6 is 0 Å². The van der Waals surface area contributed by atoms with Crippen molar-refractivity contribution in [1.29, 1.82) is 5.26 Å². The van der Waals surface area contributed by atoms with Crippen LogP contribution < -0.4 is 15.5 Å². The number of rotatable bonds is 9. The summed E-state index contributed by atoms with van der Waals surface area (Å²) in [5.74, 6) is 5.09. The van der Waals surface area contributed by atoms with E-state index < -0.39 is 10.2 Å². The number of nitrogens with zero attached hydrogens (tertiary/aromatic N) is 4. The number of pyridine rings is 1. The molecule has 1 aromatic heterocycles. The SMILES string of the molecule is N#Cc1ccc2c(c1)CN(S(=O)(=O)NCCON)[C@H](Cc1ccccc1)CN2Cc1cccnc1. The summed E-state index contributed by atoms with van der Waals surface area (Å²) in [6, 6.07) is 20.9. The minimum absolute atomic E-state index is 0.0535. The molecule has 35 heavy (non-hydrogen) atoms. The second-order valence-electron chi connectivity index (χ2n) is 8.36. The molecule has 9 nitrogen and oxygen atoms in total. The fraction of sp³-hybridized carbons (Fsp3) is 0.280. The molecule has 0 spiro atoms. The number of hydrogen-bond acceptors (Lipinski definition) is 7. The summed E-state index contributed by atoms with van der Waals surface area (Å²) < 4.78 is 31.0. The molecule has 0 aliphatic carbocycles. The highest BCUT2D eigenvalue weighted by Crippen LogP contribution is 2.32. The number of benzene rings is 2. The van der Waals surface area contributed by atoms with E-state index in [1.807, 2.05) is 54.7 Å². The van der Waals surface area contributed by atoms with Crippen molar-refractivity contribution >= 4 is 15.9 Å². The van der Waals surface area contributed by atoms with Crippen LogP contribution in [0, 0.1) is 11.3 Å². The molecule has 0 unspecified atom stereocenters. The van der Waals surface area contributed by atoms with E-state index in [2.05, 4.69) is 25.5 Å². The van der Waals surface area contributed by atoms with E-state index in [-0.39, 0.29) is 25.7 Å². The van der Waals surface area contributed by atoms with E-state index in [4.69, 9.17) is 5.90 Å². The number of nitriles is 1. The second-order valence-corrected chi connectivity index (χ2v) is 10.1. The molecule has 1 aliphatic rings. The fourth-order valence-electron chi connectivity index (χ4n) is 4.34. The Kier molecular flexibility index (Phi) is 8.07. The lowest BCUT2D eigenvalue weighted by atomic mass is 10.1. The Bertz CT molecular complexity index is 1270. The molecule has 3 aromatic rings. The molecule has 10 heteroatoms. The van der Waals surface area contributed by atoms with Crippen LogP contribution in [0.2, 0.25) is 0 Å². The summed E-state index contributed by atoms with van der Waals surface area (Å²) in [7, 11) is -3.88. The number of fused-ring (bicyclic) bond motifs is 1. The van der Waals surface area contributed by atoms with Crippen LogP contribution in [0.5, 0.6) is 0 Å². The lowest BCUT2D eigenvalue weighted by Gasteiger charge is -2.32. The highest BCUT2D eigenvalue weighted by molar-refractivity contribution is 7.87. The average Bonchev–Trinajstić information content (AvgIpc) is 3.02. The first kappa shape index (κ1) is 24.8.